The molecule has 4 nitrogen and oxygen atoms in total. The highest BCUT2D eigenvalue weighted by Gasteiger charge is 2.17. The first kappa shape index (κ1) is 13.4. The summed E-state index contributed by atoms with van der Waals surface area (Å²) in [5.41, 5.74) is 1.93. The minimum atomic E-state index is -0.491. The van der Waals surface area contributed by atoms with Gasteiger partial charge in [-0.3, -0.25) is 0 Å². The van der Waals surface area contributed by atoms with E-state index >= 15 is 0 Å². The van der Waals surface area contributed by atoms with Gasteiger partial charge in [-0.1, -0.05) is 16.8 Å². The van der Waals surface area contributed by atoms with E-state index < -0.39 is 5.82 Å². The molecule has 0 aliphatic carbocycles. The summed E-state index contributed by atoms with van der Waals surface area (Å²) in [7, 11) is 0. The van der Waals surface area contributed by atoms with Crippen LogP contribution < -0.4 is 0 Å². The van der Waals surface area contributed by atoms with Gasteiger partial charge in [0.25, 0.3) is 0 Å². The summed E-state index contributed by atoms with van der Waals surface area (Å²) < 4.78 is 20.3. The van der Waals surface area contributed by atoms with Crippen molar-refractivity contribution < 1.29 is 8.91 Å². The third kappa shape index (κ3) is 2.27. The minimum Gasteiger partial charge on any atom is -0.364 e. The van der Waals surface area contributed by atoms with Gasteiger partial charge < -0.3 is 9.09 Å². The van der Waals surface area contributed by atoms with Crippen LogP contribution in [0.15, 0.2) is 29.0 Å². The molecule has 0 saturated heterocycles. The molecule has 0 fully saturated rings. The van der Waals surface area contributed by atoms with Crippen LogP contribution in [-0.2, 0) is 6.54 Å². The minimum absolute atomic E-state index is 0.0392. The number of rotatable bonds is 3. The fourth-order valence-corrected chi connectivity index (χ4v) is 2.41. The Bertz CT molecular complexity index is 753. The molecular weight excluding hydrogens is 304 g/mol. The van der Waals surface area contributed by atoms with Crippen molar-refractivity contribution in [3.05, 3.63) is 46.8 Å². The number of alkyl halides is 1. The van der Waals surface area contributed by atoms with Crippen LogP contribution in [-0.4, -0.2) is 14.7 Å². The van der Waals surface area contributed by atoms with Crippen LogP contribution in [0.4, 0.5) is 4.39 Å². The van der Waals surface area contributed by atoms with Gasteiger partial charge in [0.1, 0.15) is 23.6 Å². The monoisotopic (exact) mass is 313 g/mol. The molecule has 0 bridgehead atoms. The smallest absolute Gasteiger partial charge is 0.144 e. The first-order valence-electron chi connectivity index (χ1n) is 5.95. The zero-order valence-electron chi connectivity index (χ0n) is 10.5. The summed E-state index contributed by atoms with van der Waals surface area (Å²) in [6.45, 7) is 2.21. The Morgan fingerprint density at radius 1 is 1.45 bits per heavy atom. The van der Waals surface area contributed by atoms with Crippen molar-refractivity contribution >= 4 is 34.2 Å². The maximum absolute atomic E-state index is 13.7. The van der Waals surface area contributed by atoms with Crippen molar-refractivity contribution in [3.63, 3.8) is 0 Å². The summed E-state index contributed by atoms with van der Waals surface area (Å²) in [5, 5.41) is 3.57. The van der Waals surface area contributed by atoms with E-state index in [1.54, 1.807) is 13.0 Å². The lowest BCUT2D eigenvalue weighted by Crippen LogP contribution is -2.06. The lowest BCUT2D eigenvalue weighted by atomic mass is 10.3. The summed E-state index contributed by atoms with van der Waals surface area (Å²) >= 11 is 11.9. The molecule has 1 aromatic carbocycles. The maximum Gasteiger partial charge on any atom is 0.144 e. The molecule has 2 aromatic heterocycles. The van der Waals surface area contributed by atoms with Crippen LogP contribution in [0.1, 0.15) is 23.8 Å². The van der Waals surface area contributed by atoms with Gasteiger partial charge in [0, 0.05) is 12.1 Å². The molecule has 0 N–H and O–H groups in total. The van der Waals surface area contributed by atoms with Gasteiger partial charge >= 0.3 is 0 Å². The van der Waals surface area contributed by atoms with E-state index in [-0.39, 0.29) is 10.4 Å². The topological polar surface area (TPSA) is 43.9 Å². The van der Waals surface area contributed by atoms with Crippen LogP contribution in [0, 0.1) is 5.82 Å². The first-order chi connectivity index (χ1) is 9.56. The molecule has 0 aliphatic heterocycles. The third-order valence-corrected chi connectivity index (χ3v) is 3.47. The average Bonchev–Trinajstić information content (AvgIpc) is 3.00. The Labute approximate surface area is 124 Å². The predicted molar refractivity (Wildman–Crippen MR) is 74.6 cm³/mol. The van der Waals surface area contributed by atoms with Crippen LogP contribution in [0.25, 0.3) is 11.0 Å². The van der Waals surface area contributed by atoms with Crippen molar-refractivity contribution in [1.29, 1.82) is 0 Å². The molecule has 0 spiro atoms. The second-order valence-corrected chi connectivity index (χ2v) is 5.48. The highest BCUT2D eigenvalue weighted by molar-refractivity contribution is 6.31. The number of halogens is 3. The second-order valence-electron chi connectivity index (χ2n) is 4.42. The van der Waals surface area contributed by atoms with Gasteiger partial charge in [-0.2, -0.15) is 0 Å². The fourth-order valence-electron chi connectivity index (χ4n) is 2.09. The molecule has 2 heterocycles. The van der Waals surface area contributed by atoms with Gasteiger partial charge in [0.05, 0.1) is 28.0 Å². The number of hydrogen-bond acceptors (Lipinski definition) is 3. The number of benzene rings is 1. The Balaban J connectivity index is 2.20. The van der Waals surface area contributed by atoms with Crippen molar-refractivity contribution in [3.8, 4) is 0 Å². The largest absolute Gasteiger partial charge is 0.364 e. The highest BCUT2D eigenvalue weighted by atomic mass is 35.5. The Kier molecular flexibility index (Phi) is 3.40. The lowest BCUT2D eigenvalue weighted by Gasteiger charge is -2.08. The number of aromatic nitrogens is 3. The van der Waals surface area contributed by atoms with Crippen molar-refractivity contribution in [2.45, 2.75) is 18.8 Å². The molecular formula is C13H10Cl2FN3O. The second kappa shape index (κ2) is 5.07. The molecule has 0 aliphatic rings. The van der Waals surface area contributed by atoms with E-state index in [1.165, 1.54) is 18.4 Å². The van der Waals surface area contributed by atoms with Gasteiger partial charge in [-0.25, -0.2) is 9.37 Å². The average molecular weight is 314 g/mol. The number of hydrogen-bond donors (Lipinski definition) is 0. The van der Waals surface area contributed by atoms with Gasteiger partial charge in [0.15, 0.2) is 0 Å². The van der Waals surface area contributed by atoms with Gasteiger partial charge in [-0.15, -0.1) is 11.6 Å². The van der Waals surface area contributed by atoms with Crippen molar-refractivity contribution in [1.82, 2.24) is 14.7 Å². The number of nitrogens with zero attached hydrogens (tertiary/aromatic N) is 3. The van der Waals surface area contributed by atoms with Gasteiger partial charge in [0.2, 0.25) is 0 Å². The fraction of sp³-hybridized carbons (Fsp3) is 0.231. The van der Waals surface area contributed by atoms with E-state index in [0.29, 0.717) is 29.1 Å². The quantitative estimate of drug-likeness (QED) is 0.682. The third-order valence-electron chi connectivity index (χ3n) is 2.99. The SMILES string of the molecule is CC(Cl)c1nc2cc(Cl)c(F)cc2n1Cc1ccon1. The molecule has 3 rings (SSSR count). The number of imidazole rings is 1. The van der Waals surface area contributed by atoms with E-state index in [0.717, 1.165) is 0 Å². The van der Waals surface area contributed by atoms with Crippen molar-refractivity contribution in [2.24, 2.45) is 0 Å². The zero-order valence-corrected chi connectivity index (χ0v) is 12.0. The summed E-state index contributed by atoms with van der Waals surface area (Å²) in [6, 6.07) is 4.59. The summed E-state index contributed by atoms with van der Waals surface area (Å²) in [5.74, 6) is 0.139. The van der Waals surface area contributed by atoms with Crippen LogP contribution >= 0.6 is 23.2 Å². The highest BCUT2D eigenvalue weighted by Crippen LogP contribution is 2.28. The molecule has 1 unspecified atom stereocenters. The molecule has 7 heteroatoms. The summed E-state index contributed by atoms with van der Waals surface area (Å²) in [6.07, 6.45) is 1.48. The summed E-state index contributed by atoms with van der Waals surface area (Å²) in [4.78, 5) is 4.42. The van der Waals surface area contributed by atoms with Crippen LogP contribution in [0.5, 0.6) is 0 Å². The van der Waals surface area contributed by atoms with E-state index in [4.69, 9.17) is 27.7 Å². The zero-order chi connectivity index (χ0) is 14.3. The van der Waals surface area contributed by atoms with E-state index in [2.05, 4.69) is 10.1 Å². The molecule has 0 radical (unpaired) electrons. The molecule has 0 amide bonds. The van der Waals surface area contributed by atoms with Gasteiger partial charge in [-0.05, 0) is 13.0 Å². The normalized spacial score (nSPS) is 13.0. The first-order valence-corrected chi connectivity index (χ1v) is 6.76. The Morgan fingerprint density at radius 2 is 2.25 bits per heavy atom. The molecule has 104 valence electrons. The van der Waals surface area contributed by atoms with Crippen LogP contribution in [0.2, 0.25) is 5.02 Å². The maximum atomic E-state index is 13.7. The van der Waals surface area contributed by atoms with Crippen LogP contribution in [0.3, 0.4) is 0 Å². The van der Waals surface area contributed by atoms with E-state index in [1.807, 2.05) is 4.57 Å². The Hall–Kier alpha value is -1.59. The molecule has 20 heavy (non-hydrogen) atoms. The lowest BCUT2D eigenvalue weighted by molar-refractivity contribution is 0.409. The molecule has 3 aromatic rings. The van der Waals surface area contributed by atoms with Crippen molar-refractivity contribution in [2.75, 3.05) is 0 Å². The Morgan fingerprint density at radius 3 is 2.90 bits per heavy atom. The predicted octanol–water partition coefficient (Wildman–Crippen LogP) is 4.16. The molecule has 0 saturated carbocycles. The number of fused-ring (bicyclic) bond motifs is 1. The molecule has 1 atom stereocenters. The standard InChI is InChI=1S/C13H10Cl2FN3O/c1-7(14)13-17-11-4-9(15)10(16)5-12(11)19(13)6-8-2-3-20-18-8/h2-5,7H,6H2,1H3. The van der Waals surface area contributed by atoms with E-state index in [9.17, 15) is 4.39 Å².